The Balaban J connectivity index is 2.21. The number of ether oxygens (including phenoxy) is 2. The van der Waals surface area contributed by atoms with Crippen molar-refractivity contribution in [1.29, 1.82) is 0 Å². The number of benzene rings is 1. The van der Waals surface area contributed by atoms with E-state index < -0.39 is 18.0 Å². The van der Waals surface area contributed by atoms with Crippen molar-refractivity contribution in [2.45, 2.75) is 84.2 Å². The zero-order valence-electron chi connectivity index (χ0n) is 18.8. The van der Waals surface area contributed by atoms with Gasteiger partial charge in [0.05, 0.1) is 12.2 Å². The fourth-order valence-electron chi connectivity index (χ4n) is 3.07. The van der Waals surface area contributed by atoms with E-state index in [9.17, 15) is 14.4 Å². The third-order valence-electron chi connectivity index (χ3n) is 4.86. The molecule has 31 heavy (non-hydrogen) atoms. The Morgan fingerprint density at radius 2 is 1.58 bits per heavy atom. The molecule has 6 nitrogen and oxygen atoms in total. The molecule has 0 fully saturated rings. The summed E-state index contributed by atoms with van der Waals surface area (Å²) in [4.78, 5) is 35.7. The van der Waals surface area contributed by atoms with Crippen molar-refractivity contribution in [3.05, 3.63) is 29.8 Å². The molecule has 1 aromatic rings. The van der Waals surface area contributed by atoms with Gasteiger partial charge in [-0.05, 0) is 31.5 Å². The first-order chi connectivity index (χ1) is 15.0. The molecule has 1 atom stereocenters. The van der Waals surface area contributed by atoms with E-state index in [2.05, 4.69) is 12.2 Å². The van der Waals surface area contributed by atoms with Crippen molar-refractivity contribution in [2.24, 2.45) is 0 Å². The highest BCUT2D eigenvalue weighted by Crippen LogP contribution is 2.14. The van der Waals surface area contributed by atoms with Crippen LogP contribution in [-0.4, -0.2) is 36.4 Å². The lowest BCUT2D eigenvalue weighted by Crippen LogP contribution is -2.26. The van der Waals surface area contributed by atoms with Gasteiger partial charge >= 0.3 is 11.9 Å². The first kappa shape index (κ1) is 27.0. The summed E-state index contributed by atoms with van der Waals surface area (Å²) >= 11 is 5.46. The van der Waals surface area contributed by atoms with Crippen LogP contribution in [-0.2, 0) is 19.1 Å². The van der Waals surface area contributed by atoms with Crippen molar-refractivity contribution in [1.82, 2.24) is 0 Å². The number of hydrogen-bond acceptors (Lipinski definition) is 5. The maximum Gasteiger partial charge on any atom is 0.347 e. The van der Waals surface area contributed by atoms with Crippen LogP contribution in [0.4, 0.5) is 5.69 Å². The molecule has 1 amide bonds. The predicted octanol–water partition coefficient (Wildman–Crippen LogP) is 5.87. The molecule has 174 valence electrons. The van der Waals surface area contributed by atoms with Crippen LogP contribution >= 0.6 is 11.6 Å². The minimum Gasteiger partial charge on any atom is -0.463 e. The molecule has 0 aliphatic heterocycles. The lowest BCUT2D eigenvalue weighted by molar-refractivity contribution is -0.153. The van der Waals surface area contributed by atoms with Crippen molar-refractivity contribution < 1.29 is 23.9 Å². The molecule has 0 saturated carbocycles. The number of alkyl halides is 1. The topological polar surface area (TPSA) is 81.7 Å². The number of nitrogens with one attached hydrogen (secondary N) is 1. The van der Waals surface area contributed by atoms with Crippen LogP contribution in [0.25, 0.3) is 0 Å². The van der Waals surface area contributed by atoms with E-state index in [1.165, 1.54) is 57.9 Å². The molecule has 0 spiro atoms. The highest BCUT2D eigenvalue weighted by Gasteiger charge is 2.20. The molecule has 0 heterocycles. The zero-order valence-corrected chi connectivity index (χ0v) is 19.5. The second-order valence-electron chi connectivity index (χ2n) is 7.66. The van der Waals surface area contributed by atoms with Gasteiger partial charge < -0.3 is 14.8 Å². The highest BCUT2D eigenvalue weighted by atomic mass is 35.5. The van der Waals surface area contributed by atoms with E-state index in [0.29, 0.717) is 12.3 Å². The van der Waals surface area contributed by atoms with E-state index in [1.54, 1.807) is 18.2 Å². The summed E-state index contributed by atoms with van der Waals surface area (Å²) in [5, 5.41) is 2.56. The molecular formula is C24H36ClNO5. The van der Waals surface area contributed by atoms with Crippen molar-refractivity contribution in [3.8, 4) is 0 Å². The molecule has 1 aromatic carbocycles. The highest BCUT2D eigenvalue weighted by molar-refractivity contribution is 6.29. The maximum absolute atomic E-state index is 12.3. The van der Waals surface area contributed by atoms with Crippen LogP contribution in [0, 0.1) is 0 Å². The average molecular weight is 454 g/mol. The summed E-state index contributed by atoms with van der Waals surface area (Å²) in [6.07, 6.45) is 11.0. The third-order valence-corrected chi connectivity index (χ3v) is 5.10. The second-order valence-corrected chi connectivity index (χ2v) is 7.93. The summed E-state index contributed by atoms with van der Waals surface area (Å²) in [5.74, 6) is -1.78. The minimum atomic E-state index is -1.00. The SMILES string of the molecule is CCCCCCCCCCCCOC(=O)C(C)OC(=O)c1cccc(NC(=O)CCl)c1. The number of unbranched alkanes of at least 4 members (excludes halogenated alkanes) is 9. The Labute approximate surface area is 191 Å². The van der Waals surface area contributed by atoms with Gasteiger partial charge in [0.1, 0.15) is 5.88 Å². The smallest absolute Gasteiger partial charge is 0.347 e. The van der Waals surface area contributed by atoms with E-state index in [0.717, 1.165) is 19.3 Å². The first-order valence-electron chi connectivity index (χ1n) is 11.3. The number of carbonyl (C=O) groups excluding carboxylic acids is 3. The van der Waals surface area contributed by atoms with Gasteiger partial charge in [0.25, 0.3) is 0 Å². The van der Waals surface area contributed by atoms with Crippen molar-refractivity contribution in [2.75, 3.05) is 17.8 Å². The fourth-order valence-corrected chi connectivity index (χ4v) is 3.14. The quantitative estimate of drug-likeness (QED) is 0.192. The minimum absolute atomic E-state index is 0.184. The van der Waals surface area contributed by atoms with Gasteiger partial charge in [-0.15, -0.1) is 11.6 Å². The van der Waals surface area contributed by atoms with Gasteiger partial charge in [-0.25, -0.2) is 9.59 Å². The number of hydrogen-bond donors (Lipinski definition) is 1. The molecule has 0 aliphatic rings. The van der Waals surface area contributed by atoms with Gasteiger partial charge in [-0.3, -0.25) is 4.79 Å². The van der Waals surface area contributed by atoms with Crippen LogP contribution < -0.4 is 5.32 Å². The standard InChI is InChI=1S/C24H36ClNO5/c1-3-4-5-6-7-8-9-10-11-12-16-30-23(28)19(2)31-24(29)20-14-13-15-21(17-20)26-22(27)18-25/h13-15,17,19H,3-12,16,18H2,1-2H3,(H,26,27). The first-order valence-corrected chi connectivity index (χ1v) is 11.8. The molecule has 1 rings (SSSR count). The molecular weight excluding hydrogens is 418 g/mol. The maximum atomic E-state index is 12.3. The number of rotatable bonds is 16. The van der Waals surface area contributed by atoms with Gasteiger partial charge in [0.15, 0.2) is 6.10 Å². The molecule has 0 aliphatic carbocycles. The van der Waals surface area contributed by atoms with Gasteiger partial charge in [0.2, 0.25) is 5.91 Å². The molecule has 0 aromatic heterocycles. The number of amides is 1. The van der Waals surface area contributed by atoms with Crippen LogP contribution in [0.15, 0.2) is 24.3 Å². The molecule has 0 bridgehead atoms. The van der Waals surface area contributed by atoms with Gasteiger partial charge in [0, 0.05) is 5.69 Å². The normalized spacial score (nSPS) is 11.6. The Bertz CT molecular complexity index is 680. The molecule has 7 heteroatoms. The van der Waals surface area contributed by atoms with E-state index >= 15 is 0 Å². The average Bonchev–Trinajstić information content (AvgIpc) is 2.77. The monoisotopic (exact) mass is 453 g/mol. The zero-order chi connectivity index (χ0) is 22.9. The Hall–Kier alpha value is -2.08. The Kier molecular flexibility index (Phi) is 14.4. The summed E-state index contributed by atoms with van der Waals surface area (Å²) < 4.78 is 10.4. The van der Waals surface area contributed by atoms with E-state index in [-0.39, 0.29) is 17.4 Å². The number of esters is 2. The van der Waals surface area contributed by atoms with Crippen LogP contribution in [0.1, 0.15) is 88.4 Å². The molecule has 0 radical (unpaired) electrons. The Morgan fingerprint density at radius 1 is 0.968 bits per heavy atom. The van der Waals surface area contributed by atoms with Crippen molar-refractivity contribution in [3.63, 3.8) is 0 Å². The molecule has 1 unspecified atom stereocenters. The number of anilines is 1. The third kappa shape index (κ3) is 12.4. The fraction of sp³-hybridized carbons (Fsp3) is 0.625. The lowest BCUT2D eigenvalue weighted by atomic mass is 10.1. The summed E-state index contributed by atoms with van der Waals surface area (Å²) in [7, 11) is 0. The van der Waals surface area contributed by atoms with Crippen LogP contribution in [0.2, 0.25) is 0 Å². The van der Waals surface area contributed by atoms with E-state index in [1.807, 2.05) is 0 Å². The Morgan fingerprint density at radius 3 is 2.19 bits per heavy atom. The molecule has 1 N–H and O–H groups in total. The van der Waals surface area contributed by atoms with Gasteiger partial charge in [-0.1, -0.05) is 70.8 Å². The number of carbonyl (C=O) groups is 3. The van der Waals surface area contributed by atoms with E-state index in [4.69, 9.17) is 21.1 Å². The summed E-state index contributed by atoms with van der Waals surface area (Å²) in [5.41, 5.74) is 0.651. The van der Waals surface area contributed by atoms with Gasteiger partial charge in [-0.2, -0.15) is 0 Å². The largest absolute Gasteiger partial charge is 0.463 e. The second kappa shape index (κ2) is 16.6. The lowest BCUT2D eigenvalue weighted by Gasteiger charge is -2.13. The predicted molar refractivity (Wildman–Crippen MR) is 123 cm³/mol. The number of halogens is 1. The summed E-state index contributed by atoms with van der Waals surface area (Å²) in [6.45, 7) is 4.04. The molecule has 0 saturated heterocycles. The summed E-state index contributed by atoms with van der Waals surface area (Å²) in [6, 6.07) is 6.25. The van der Waals surface area contributed by atoms with Crippen LogP contribution in [0.3, 0.4) is 0 Å². The van der Waals surface area contributed by atoms with Crippen LogP contribution in [0.5, 0.6) is 0 Å². The van der Waals surface area contributed by atoms with Crippen molar-refractivity contribution >= 4 is 35.1 Å².